The number of benzene rings is 2. The molecule has 4 nitrogen and oxygen atoms in total. The van der Waals surface area contributed by atoms with Gasteiger partial charge >= 0.3 is 5.97 Å². The zero-order valence-corrected chi connectivity index (χ0v) is 11.2. The van der Waals surface area contributed by atoms with E-state index >= 15 is 0 Å². The second-order valence-electron chi connectivity index (χ2n) is 4.21. The van der Waals surface area contributed by atoms with E-state index in [4.69, 9.17) is 27.2 Å². The van der Waals surface area contributed by atoms with Gasteiger partial charge in [-0.1, -0.05) is 17.7 Å². The highest BCUT2D eigenvalue weighted by Crippen LogP contribution is 2.34. The first kappa shape index (κ1) is 14.1. The van der Waals surface area contributed by atoms with Crippen LogP contribution in [-0.2, 0) is 0 Å². The third kappa shape index (κ3) is 2.83. The van der Waals surface area contributed by atoms with Crippen LogP contribution >= 0.6 is 11.6 Å². The molecule has 0 bridgehead atoms. The summed E-state index contributed by atoms with van der Waals surface area (Å²) in [7, 11) is 0. The van der Waals surface area contributed by atoms with Gasteiger partial charge in [-0.05, 0) is 30.7 Å². The number of anilines is 1. The second kappa shape index (κ2) is 5.38. The second-order valence-corrected chi connectivity index (χ2v) is 4.62. The van der Waals surface area contributed by atoms with Crippen molar-refractivity contribution in [1.82, 2.24) is 0 Å². The summed E-state index contributed by atoms with van der Waals surface area (Å²) in [5, 5.41) is 9.14. The van der Waals surface area contributed by atoms with Crippen molar-refractivity contribution >= 4 is 23.3 Å². The first-order chi connectivity index (χ1) is 9.38. The lowest BCUT2D eigenvalue weighted by molar-refractivity contribution is 0.0692. The quantitative estimate of drug-likeness (QED) is 0.843. The molecule has 0 amide bonds. The zero-order chi connectivity index (χ0) is 14.9. The molecule has 0 atom stereocenters. The van der Waals surface area contributed by atoms with Gasteiger partial charge in [0.2, 0.25) is 0 Å². The summed E-state index contributed by atoms with van der Waals surface area (Å²) in [6.07, 6.45) is 0. The molecule has 6 heteroatoms. The molecule has 3 N–H and O–H groups in total. The van der Waals surface area contributed by atoms with Crippen molar-refractivity contribution in [3.8, 4) is 11.5 Å². The van der Waals surface area contributed by atoms with Crippen LogP contribution in [-0.4, -0.2) is 11.1 Å². The maximum atomic E-state index is 13.6. The lowest BCUT2D eigenvalue weighted by Crippen LogP contribution is -2.03. The van der Waals surface area contributed by atoms with Crippen LogP contribution in [0.5, 0.6) is 11.5 Å². The van der Waals surface area contributed by atoms with Crippen LogP contribution in [0.4, 0.5) is 10.1 Å². The average molecular weight is 296 g/mol. The van der Waals surface area contributed by atoms with Crippen molar-refractivity contribution in [1.29, 1.82) is 0 Å². The molecular formula is C14H11ClFNO3. The van der Waals surface area contributed by atoms with Crippen LogP contribution in [0.25, 0.3) is 0 Å². The standard InChI is InChI=1S/C14H11ClFNO3/c1-7-2-3-9(15)12(4-7)20-13-6-10(16)8(14(18)19)5-11(13)17/h2-6H,17H2,1H3,(H,18,19). The molecule has 0 spiro atoms. The van der Waals surface area contributed by atoms with E-state index in [1.165, 1.54) is 0 Å². The molecule has 2 rings (SSSR count). The van der Waals surface area contributed by atoms with Crippen molar-refractivity contribution in [2.45, 2.75) is 6.92 Å². The molecule has 0 saturated carbocycles. The molecule has 0 fully saturated rings. The summed E-state index contributed by atoms with van der Waals surface area (Å²) < 4.78 is 19.1. The maximum absolute atomic E-state index is 13.6. The summed E-state index contributed by atoms with van der Waals surface area (Å²) in [5.74, 6) is -1.99. The van der Waals surface area contributed by atoms with Gasteiger partial charge in [-0.2, -0.15) is 0 Å². The Morgan fingerprint density at radius 3 is 2.65 bits per heavy atom. The minimum Gasteiger partial charge on any atom is -0.478 e. The fourth-order valence-electron chi connectivity index (χ4n) is 1.63. The summed E-state index contributed by atoms with van der Waals surface area (Å²) in [4.78, 5) is 10.8. The number of halogens is 2. The predicted molar refractivity (Wildman–Crippen MR) is 74.0 cm³/mol. The summed E-state index contributed by atoms with van der Waals surface area (Å²) in [5.41, 5.74) is 6.08. The van der Waals surface area contributed by atoms with Crippen LogP contribution in [0.1, 0.15) is 15.9 Å². The number of rotatable bonds is 3. The number of hydrogen-bond acceptors (Lipinski definition) is 3. The Balaban J connectivity index is 2.42. The van der Waals surface area contributed by atoms with E-state index in [9.17, 15) is 9.18 Å². The first-order valence-corrected chi connectivity index (χ1v) is 6.02. The number of nitrogens with two attached hydrogens (primary N) is 1. The van der Waals surface area contributed by atoms with Crippen LogP contribution in [0, 0.1) is 12.7 Å². The molecule has 20 heavy (non-hydrogen) atoms. The van der Waals surface area contributed by atoms with Gasteiger partial charge in [-0.3, -0.25) is 0 Å². The van der Waals surface area contributed by atoms with Crippen molar-refractivity contribution in [2.24, 2.45) is 0 Å². The number of carboxylic acid groups (broad SMARTS) is 1. The molecule has 2 aromatic carbocycles. The maximum Gasteiger partial charge on any atom is 0.338 e. The number of carboxylic acids is 1. The van der Waals surface area contributed by atoms with E-state index in [2.05, 4.69) is 0 Å². The number of aryl methyl sites for hydroxylation is 1. The van der Waals surface area contributed by atoms with E-state index in [-0.39, 0.29) is 11.4 Å². The highest BCUT2D eigenvalue weighted by Gasteiger charge is 2.15. The largest absolute Gasteiger partial charge is 0.478 e. The Labute approximate surface area is 119 Å². The van der Waals surface area contributed by atoms with Gasteiger partial charge in [0, 0.05) is 6.07 Å². The molecule has 0 aromatic heterocycles. The lowest BCUT2D eigenvalue weighted by Gasteiger charge is -2.11. The number of nitrogen functional groups attached to an aromatic ring is 1. The average Bonchev–Trinajstić information content (AvgIpc) is 2.37. The molecule has 0 unspecified atom stereocenters. The molecular weight excluding hydrogens is 285 g/mol. The highest BCUT2D eigenvalue weighted by molar-refractivity contribution is 6.32. The van der Waals surface area contributed by atoms with Crippen molar-refractivity contribution in [3.63, 3.8) is 0 Å². The lowest BCUT2D eigenvalue weighted by atomic mass is 10.1. The minimum atomic E-state index is -1.39. The summed E-state index contributed by atoms with van der Waals surface area (Å²) in [6.45, 7) is 1.85. The predicted octanol–water partition coefficient (Wildman–Crippen LogP) is 3.86. The van der Waals surface area contributed by atoms with Crippen LogP contribution in [0.15, 0.2) is 30.3 Å². The molecule has 0 aliphatic rings. The van der Waals surface area contributed by atoms with Crippen LogP contribution in [0.2, 0.25) is 5.02 Å². The molecule has 104 valence electrons. The number of hydrogen-bond donors (Lipinski definition) is 2. The molecule has 0 radical (unpaired) electrons. The zero-order valence-electron chi connectivity index (χ0n) is 10.5. The van der Waals surface area contributed by atoms with E-state index in [0.29, 0.717) is 10.8 Å². The number of aromatic carboxylic acids is 1. The molecule has 0 aliphatic heterocycles. The minimum absolute atomic E-state index is 0.0139. The summed E-state index contributed by atoms with van der Waals surface area (Å²) >= 11 is 5.97. The normalized spacial score (nSPS) is 10.3. The Morgan fingerprint density at radius 1 is 1.30 bits per heavy atom. The fourth-order valence-corrected chi connectivity index (χ4v) is 1.79. The number of ether oxygens (including phenoxy) is 1. The van der Waals surface area contributed by atoms with Crippen molar-refractivity contribution < 1.29 is 19.0 Å². The van der Waals surface area contributed by atoms with E-state index in [0.717, 1.165) is 17.7 Å². The fraction of sp³-hybridized carbons (Fsp3) is 0.0714. The third-order valence-electron chi connectivity index (χ3n) is 2.64. The Bertz CT molecular complexity index is 688. The van der Waals surface area contributed by atoms with Gasteiger partial charge in [-0.25, -0.2) is 9.18 Å². The van der Waals surface area contributed by atoms with Gasteiger partial charge < -0.3 is 15.6 Å². The van der Waals surface area contributed by atoms with Gasteiger partial charge in [-0.15, -0.1) is 0 Å². The van der Waals surface area contributed by atoms with Crippen molar-refractivity contribution in [3.05, 3.63) is 52.3 Å². The van der Waals surface area contributed by atoms with E-state index in [1.807, 2.05) is 6.92 Å². The first-order valence-electron chi connectivity index (χ1n) is 5.65. The van der Waals surface area contributed by atoms with Gasteiger partial charge in [0.25, 0.3) is 0 Å². The van der Waals surface area contributed by atoms with E-state index < -0.39 is 17.3 Å². The van der Waals surface area contributed by atoms with Gasteiger partial charge in [0.05, 0.1) is 16.3 Å². The van der Waals surface area contributed by atoms with Crippen molar-refractivity contribution in [2.75, 3.05) is 5.73 Å². The topological polar surface area (TPSA) is 72.5 Å². The monoisotopic (exact) mass is 295 g/mol. The van der Waals surface area contributed by atoms with E-state index in [1.54, 1.807) is 18.2 Å². The Hall–Kier alpha value is -2.27. The number of carbonyl (C=O) groups is 1. The Morgan fingerprint density at radius 2 is 2.00 bits per heavy atom. The molecule has 0 heterocycles. The molecule has 2 aromatic rings. The molecule has 0 aliphatic carbocycles. The highest BCUT2D eigenvalue weighted by atomic mass is 35.5. The third-order valence-corrected chi connectivity index (χ3v) is 2.95. The Kier molecular flexibility index (Phi) is 3.81. The van der Waals surface area contributed by atoms with Gasteiger partial charge in [0.1, 0.15) is 11.6 Å². The van der Waals surface area contributed by atoms with Gasteiger partial charge in [0.15, 0.2) is 5.75 Å². The SMILES string of the molecule is Cc1ccc(Cl)c(Oc2cc(F)c(C(=O)O)cc2N)c1. The van der Waals surface area contributed by atoms with Crippen LogP contribution < -0.4 is 10.5 Å². The molecule has 0 saturated heterocycles. The summed E-state index contributed by atoms with van der Waals surface area (Å²) in [6, 6.07) is 7.05. The smallest absolute Gasteiger partial charge is 0.338 e. The van der Waals surface area contributed by atoms with Crippen LogP contribution in [0.3, 0.4) is 0 Å².